The van der Waals surface area contributed by atoms with Crippen molar-refractivity contribution in [2.75, 3.05) is 20.2 Å². The maximum Gasteiger partial charge on any atom is 0.317 e. The maximum atomic E-state index is 12.3. The van der Waals surface area contributed by atoms with Crippen molar-refractivity contribution in [2.24, 2.45) is 5.41 Å². The predicted molar refractivity (Wildman–Crippen MR) is 86.0 cm³/mol. The number of urea groups is 1. The fourth-order valence-corrected chi connectivity index (χ4v) is 3.78. The molecule has 1 saturated carbocycles. The fraction of sp³-hybridized carbons (Fsp3) is 0.765. The van der Waals surface area contributed by atoms with Gasteiger partial charge in [0.05, 0.1) is 13.2 Å². The number of fused-ring (bicyclic) bond motifs is 1. The number of aliphatic hydroxyl groups excluding tert-OH is 1. The summed E-state index contributed by atoms with van der Waals surface area (Å²) in [6, 6.07) is -0.114. The number of carbonyl (C=O) groups excluding carboxylic acids is 1. The Bertz CT molecular complexity index is 549. The largest absolute Gasteiger partial charge is 0.396 e. The number of aryl methyl sites for hydroxylation is 1. The summed E-state index contributed by atoms with van der Waals surface area (Å²) in [7, 11) is 1.78. The molecule has 0 bridgehead atoms. The third-order valence-corrected chi connectivity index (χ3v) is 5.38. The van der Waals surface area contributed by atoms with Crippen LogP contribution in [0.1, 0.15) is 55.5 Å². The van der Waals surface area contributed by atoms with Crippen LogP contribution in [0.15, 0.2) is 4.52 Å². The van der Waals surface area contributed by atoms with Crippen LogP contribution in [0.5, 0.6) is 0 Å². The molecule has 128 valence electrons. The van der Waals surface area contributed by atoms with E-state index in [4.69, 9.17) is 4.52 Å². The van der Waals surface area contributed by atoms with E-state index in [1.54, 1.807) is 11.9 Å². The summed E-state index contributed by atoms with van der Waals surface area (Å²) in [4.78, 5) is 14.0. The van der Waals surface area contributed by atoms with Gasteiger partial charge in [-0.25, -0.2) is 4.79 Å². The van der Waals surface area contributed by atoms with Crippen molar-refractivity contribution in [3.63, 3.8) is 0 Å². The number of rotatable bonds is 5. The molecule has 2 aliphatic carbocycles. The molecule has 1 aromatic heterocycles. The van der Waals surface area contributed by atoms with Gasteiger partial charge in [0, 0.05) is 31.0 Å². The molecule has 0 unspecified atom stereocenters. The molecule has 2 N–H and O–H groups in total. The van der Waals surface area contributed by atoms with Gasteiger partial charge in [-0.2, -0.15) is 0 Å². The van der Waals surface area contributed by atoms with E-state index >= 15 is 0 Å². The molecule has 0 aromatic carbocycles. The molecule has 0 spiro atoms. The van der Waals surface area contributed by atoms with Crippen LogP contribution >= 0.6 is 0 Å². The monoisotopic (exact) mass is 321 g/mol. The molecule has 1 aromatic rings. The number of aliphatic hydroxyl groups is 1. The average Bonchev–Trinajstić information content (AvgIpc) is 3.21. The number of nitrogens with one attached hydrogen (secondary N) is 1. The second-order valence-electron chi connectivity index (χ2n) is 7.12. The molecule has 6 nitrogen and oxygen atoms in total. The third-order valence-electron chi connectivity index (χ3n) is 5.38. The molecule has 6 heteroatoms. The van der Waals surface area contributed by atoms with Crippen LogP contribution in [0.4, 0.5) is 4.79 Å². The second-order valence-corrected chi connectivity index (χ2v) is 7.12. The van der Waals surface area contributed by atoms with Crippen molar-refractivity contribution in [2.45, 2.75) is 57.9 Å². The molecule has 1 fully saturated rings. The first-order chi connectivity index (χ1) is 11.1. The van der Waals surface area contributed by atoms with Crippen molar-refractivity contribution in [3.8, 4) is 0 Å². The first kappa shape index (κ1) is 16.3. The Labute approximate surface area is 137 Å². The SMILES string of the molecule is CN(Cc1noc2c1CCCC2)C(=O)NCC1(CO)CCCC1. The Morgan fingerprint density at radius 1 is 1.30 bits per heavy atom. The van der Waals surface area contributed by atoms with Gasteiger partial charge >= 0.3 is 6.03 Å². The lowest BCUT2D eigenvalue weighted by atomic mass is 9.87. The number of hydrogen-bond acceptors (Lipinski definition) is 4. The Hall–Kier alpha value is -1.56. The van der Waals surface area contributed by atoms with Crippen molar-refractivity contribution >= 4 is 6.03 Å². The van der Waals surface area contributed by atoms with Crippen molar-refractivity contribution in [1.82, 2.24) is 15.4 Å². The van der Waals surface area contributed by atoms with Crippen LogP contribution in [0, 0.1) is 5.41 Å². The summed E-state index contributed by atoms with van der Waals surface area (Å²) in [5.74, 6) is 0.991. The van der Waals surface area contributed by atoms with E-state index in [1.807, 2.05) is 0 Å². The first-order valence-electron chi connectivity index (χ1n) is 8.70. The number of carbonyl (C=O) groups is 1. The smallest absolute Gasteiger partial charge is 0.317 e. The highest BCUT2D eigenvalue weighted by Crippen LogP contribution is 2.36. The maximum absolute atomic E-state index is 12.3. The van der Waals surface area contributed by atoms with Crippen LogP contribution in [0.2, 0.25) is 0 Å². The zero-order valence-electron chi connectivity index (χ0n) is 13.9. The molecule has 0 radical (unpaired) electrons. The summed E-state index contributed by atoms with van der Waals surface area (Å²) in [5, 5.41) is 16.7. The van der Waals surface area contributed by atoms with E-state index in [2.05, 4.69) is 10.5 Å². The highest BCUT2D eigenvalue weighted by molar-refractivity contribution is 5.73. The standard InChI is InChI=1S/C17H27N3O3/c1-20(10-14-13-6-2-3-7-15(13)23-19-14)16(22)18-11-17(12-21)8-4-5-9-17/h21H,2-12H2,1H3,(H,18,22). The van der Waals surface area contributed by atoms with Crippen molar-refractivity contribution < 1.29 is 14.4 Å². The van der Waals surface area contributed by atoms with E-state index in [0.29, 0.717) is 13.1 Å². The lowest BCUT2D eigenvalue weighted by molar-refractivity contribution is 0.126. The molecule has 0 aliphatic heterocycles. The molecule has 2 aliphatic rings. The van der Waals surface area contributed by atoms with Gasteiger partial charge in [-0.1, -0.05) is 18.0 Å². The van der Waals surface area contributed by atoms with Gasteiger partial charge < -0.3 is 19.8 Å². The number of hydrogen-bond donors (Lipinski definition) is 2. The van der Waals surface area contributed by atoms with Gasteiger partial charge in [0.1, 0.15) is 11.5 Å². The predicted octanol–water partition coefficient (Wildman–Crippen LogP) is 2.25. The van der Waals surface area contributed by atoms with Crippen molar-refractivity contribution in [1.29, 1.82) is 0 Å². The molecule has 2 amide bonds. The van der Waals surface area contributed by atoms with E-state index in [1.165, 1.54) is 5.56 Å². The summed E-state index contributed by atoms with van der Waals surface area (Å²) in [6.45, 7) is 1.16. The molecule has 0 saturated heterocycles. The first-order valence-corrected chi connectivity index (χ1v) is 8.70. The fourth-order valence-electron chi connectivity index (χ4n) is 3.78. The van der Waals surface area contributed by atoms with Gasteiger partial charge in [0.2, 0.25) is 0 Å². The highest BCUT2D eigenvalue weighted by atomic mass is 16.5. The van der Waals surface area contributed by atoms with Gasteiger partial charge in [-0.05, 0) is 32.1 Å². The minimum Gasteiger partial charge on any atom is -0.396 e. The summed E-state index contributed by atoms with van der Waals surface area (Å²) < 4.78 is 5.40. The van der Waals surface area contributed by atoms with Crippen LogP contribution in [0.25, 0.3) is 0 Å². The molecule has 3 rings (SSSR count). The van der Waals surface area contributed by atoms with E-state index < -0.39 is 0 Å². The Morgan fingerprint density at radius 3 is 2.78 bits per heavy atom. The molecular formula is C17H27N3O3. The summed E-state index contributed by atoms with van der Waals surface area (Å²) >= 11 is 0. The Morgan fingerprint density at radius 2 is 2.04 bits per heavy atom. The van der Waals surface area contributed by atoms with E-state index in [-0.39, 0.29) is 18.1 Å². The van der Waals surface area contributed by atoms with E-state index in [9.17, 15) is 9.90 Å². The third kappa shape index (κ3) is 3.52. The normalized spacial score (nSPS) is 19.4. The van der Waals surface area contributed by atoms with Crippen LogP contribution in [0.3, 0.4) is 0 Å². The highest BCUT2D eigenvalue weighted by Gasteiger charge is 2.33. The van der Waals surface area contributed by atoms with Gasteiger partial charge in [0.15, 0.2) is 0 Å². The zero-order chi connectivity index (χ0) is 16.3. The van der Waals surface area contributed by atoms with Crippen LogP contribution < -0.4 is 5.32 Å². The zero-order valence-corrected chi connectivity index (χ0v) is 13.9. The lowest BCUT2D eigenvalue weighted by Gasteiger charge is -2.28. The number of nitrogens with zero attached hydrogens (tertiary/aromatic N) is 2. The molecule has 23 heavy (non-hydrogen) atoms. The Kier molecular flexibility index (Phi) is 4.90. The Balaban J connectivity index is 1.54. The topological polar surface area (TPSA) is 78.6 Å². The summed E-state index contributed by atoms with van der Waals surface area (Å²) in [5.41, 5.74) is 1.96. The second kappa shape index (κ2) is 6.91. The van der Waals surface area contributed by atoms with Crippen LogP contribution in [-0.2, 0) is 19.4 Å². The lowest BCUT2D eigenvalue weighted by Crippen LogP contribution is -2.43. The number of amides is 2. The average molecular weight is 321 g/mol. The van der Waals surface area contributed by atoms with Gasteiger partial charge in [-0.3, -0.25) is 0 Å². The van der Waals surface area contributed by atoms with Crippen LogP contribution in [-0.4, -0.2) is 41.4 Å². The van der Waals surface area contributed by atoms with E-state index in [0.717, 1.165) is 62.8 Å². The molecule has 1 heterocycles. The molecular weight excluding hydrogens is 294 g/mol. The minimum atomic E-state index is -0.121. The van der Waals surface area contributed by atoms with Gasteiger partial charge in [0.25, 0.3) is 0 Å². The van der Waals surface area contributed by atoms with Crippen molar-refractivity contribution in [3.05, 3.63) is 17.0 Å². The van der Waals surface area contributed by atoms with Gasteiger partial charge in [-0.15, -0.1) is 0 Å². The molecule has 0 atom stereocenters. The quantitative estimate of drug-likeness (QED) is 0.872. The summed E-state index contributed by atoms with van der Waals surface area (Å²) in [6.07, 6.45) is 8.52. The number of aromatic nitrogens is 1. The minimum absolute atomic E-state index is 0.114.